The van der Waals surface area contributed by atoms with Crippen molar-refractivity contribution in [2.45, 2.75) is 24.8 Å². The second-order valence-electron chi connectivity index (χ2n) is 8.24. The highest BCUT2D eigenvalue weighted by Crippen LogP contribution is 2.33. The van der Waals surface area contributed by atoms with Crippen LogP contribution in [0.1, 0.15) is 11.1 Å². The molecule has 0 amide bonds. The van der Waals surface area contributed by atoms with Gasteiger partial charge in [0.15, 0.2) is 11.5 Å². The van der Waals surface area contributed by atoms with Crippen molar-refractivity contribution >= 4 is 10.0 Å². The largest absolute Gasteiger partial charge is 0.491 e. The molecule has 0 bridgehead atoms. The molecule has 1 atom stereocenters. The standard InChI is InChI=1S/C23H30N2O6S/c1-17-3-4-18(2)22(13-17)31-16-19(26)15-24-7-9-25(10-8-24)32(27,28)20-5-6-21-23(14-20)30-12-11-29-21/h3-6,13-14,19,26H,7-12,15-16H2,1-2H3. The summed E-state index contributed by atoms with van der Waals surface area (Å²) in [5, 5.41) is 10.4. The molecule has 0 radical (unpaired) electrons. The Morgan fingerprint density at radius 3 is 2.47 bits per heavy atom. The second kappa shape index (κ2) is 9.66. The summed E-state index contributed by atoms with van der Waals surface area (Å²) in [4.78, 5) is 2.27. The number of nitrogens with zero attached hydrogens (tertiary/aromatic N) is 2. The molecule has 1 saturated heterocycles. The van der Waals surface area contributed by atoms with Crippen LogP contribution in [0, 0.1) is 13.8 Å². The Labute approximate surface area is 189 Å². The van der Waals surface area contributed by atoms with E-state index in [2.05, 4.69) is 4.90 Å². The van der Waals surface area contributed by atoms with Gasteiger partial charge in [-0.25, -0.2) is 8.42 Å². The Morgan fingerprint density at radius 2 is 1.72 bits per heavy atom. The molecule has 0 spiro atoms. The van der Waals surface area contributed by atoms with Gasteiger partial charge in [0.1, 0.15) is 31.7 Å². The lowest BCUT2D eigenvalue weighted by molar-refractivity contribution is 0.0567. The van der Waals surface area contributed by atoms with Crippen molar-refractivity contribution in [1.29, 1.82) is 0 Å². The Kier molecular flexibility index (Phi) is 6.90. The normalized spacial score (nSPS) is 18.3. The van der Waals surface area contributed by atoms with Crippen LogP contribution in [-0.2, 0) is 10.0 Å². The Morgan fingerprint density at radius 1 is 1.00 bits per heavy atom. The first kappa shape index (κ1) is 22.8. The minimum Gasteiger partial charge on any atom is -0.491 e. The lowest BCUT2D eigenvalue weighted by Gasteiger charge is -2.35. The van der Waals surface area contributed by atoms with Crippen LogP contribution in [0.5, 0.6) is 17.2 Å². The topological polar surface area (TPSA) is 88.5 Å². The van der Waals surface area contributed by atoms with Gasteiger partial charge in [-0.1, -0.05) is 12.1 Å². The molecule has 0 saturated carbocycles. The molecule has 1 N–H and O–H groups in total. The minimum atomic E-state index is -3.62. The number of aliphatic hydroxyl groups is 1. The Bertz CT molecular complexity index is 1050. The number of β-amino-alcohol motifs (C(OH)–C–C–N with tert-alkyl or cyclic N) is 1. The van der Waals surface area contributed by atoms with Crippen LogP contribution in [0.3, 0.4) is 0 Å². The highest BCUT2D eigenvalue weighted by atomic mass is 32.2. The number of hydrogen-bond donors (Lipinski definition) is 1. The van der Waals surface area contributed by atoms with E-state index in [0.29, 0.717) is 57.4 Å². The first-order valence-electron chi connectivity index (χ1n) is 10.8. The third kappa shape index (κ3) is 5.17. The second-order valence-corrected chi connectivity index (χ2v) is 10.2. The molecule has 4 rings (SSSR count). The van der Waals surface area contributed by atoms with Gasteiger partial charge in [0.25, 0.3) is 0 Å². The first-order valence-corrected chi connectivity index (χ1v) is 12.3. The Hall–Kier alpha value is -2.33. The molecule has 1 unspecified atom stereocenters. The molecule has 0 aromatic heterocycles. The van der Waals surface area contributed by atoms with Crippen molar-refractivity contribution in [2.75, 3.05) is 52.5 Å². The summed E-state index contributed by atoms with van der Waals surface area (Å²) in [7, 11) is -3.62. The van der Waals surface area contributed by atoms with Crippen molar-refractivity contribution in [1.82, 2.24) is 9.21 Å². The molecule has 174 valence electrons. The van der Waals surface area contributed by atoms with E-state index in [1.54, 1.807) is 12.1 Å². The monoisotopic (exact) mass is 462 g/mol. The highest BCUT2D eigenvalue weighted by Gasteiger charge is 2.30. The molecule has 1 fully saturated rings. The number of aryl methyl sites for hydroxylation is 2. The number of ether oxygens (including phenoxy) is 3. The van der Waals surface area contributed by atoms with Crippen molar-refractivity contribution in [3.05, 3.63) is 47.5 Å². The fourth-order valence-corrected chi connectivity index (χ4v) is 5.32. The summed E-state index contributed by atoms with van der Waals surface area (Å²) >= 11 is 0. The van der Waals surface area contributed by atoms with E-state index in [0.717, 1.165) is 16.9 Å². The number of rotatable bonds is 7. The van der Waals surface area contributed by atoms with E-state index >= 15 is 0 Å². The summed E-state index contributed by atoms with van der Waals surface area (Å²) < 4.78 is 44.4. The molecule has 2 aromatic rings. The lowest BCUT2D eigenvalue weighted by Crippen LogP contribution is -2.50. The summed E-state index contributed by atoms with van der Waals surface area (Å²) in [5.74, 6) is 1.81. The lowest BCUT2D eigenvalue weighted by atomic mass is 10.1. The van der Waals surface area contributed by atoms with Gasteiger partial charge < -0.3 is 19.3 Å². The first-order chi connectivity index (χ1) is 15.3. The smallest absolute Gasteiger partial charge is 0.243 e. The van der Waals surface area contributed by atoms with Crippen LogP contribution in [-0.4, -0.2) is 81.4 Å². The molecule has 2 aliphatic rings. The number of hydrogen-bond acceptors (Lipinski definition) is 7. The van der Waals surface area contributed by atoms with Gasteiger partial charge in [-0.15, -0.1) is 0 Å². The van der Waals surface area contributed by atoms with Crippen molar-refractivity contribution < 1.29 is 27.7 Å². The van der Waals surface area contributed by atoms with Gasteiger partial charge in [-0.05, 0) is 43.2 Å². The van der Waals surface area contributed by atoms with Gasteiger partial charge in [0.05, 0.1) is 4.90 Å². The third-order valence-electron chi connectivity index (χ3n) is 5.73. The highest BCUT2D eigenvalue weighted by molar-refractivity contribution is 7.89. The maximum absolute atomic E-state index is 13.1. The zero-order valence-electron chi connectivity index (χ0n) is 18.5. The average molecular weight is 463 g/mol. The molecule has 2 aliphatic heterocycles. The van der Waals surface area contributed by atoms with Gasteiger partial charge in [-0.2, -0.15) is 4.31 Å². The summed E-state index contributed by atoms with van der Waals surface area (Å²) in [5.41, 5.74) is 2.14. The summed E-state index contributed by atoms with van der Waals surface area (Å²) in [6, 6.07) is 10.7. The predicted molar refractivity (Wildman–Crippen MR) is 120 cm³/mol. The molecule has 2 heterocycles. The fourth-order valence-electron chi connectivity index (χ4n) is 3.89. The van der Waals surface area contributed by atoms with Crippen molar-refractivity contribution in [2.24, 2.45) is 0 Å². The molecular formula is C23H30N2O6S. The van der Waals surface area contributed by atoms with Crippen LogP contribution in [0.4, 0.5) is 0 Å². The zero-order valence-corrected chi connectivity index (χ0v) is 19.3. The van der Waals surface area contributed by atoms with E-state index < -0.39 is 16.1 Å². The number of fused-ring (bicyclic) bond motifs is 1. The summed E-state index contributed by atoms with van der Waals surface area (Å²) in [6.07, 6.45) is -0.657. The molecule has 2 aromatic carbocycles. The molecule has 9 heteroatoms. The zero-order chi connectivity index (χ0) is 22.7. The van der Waals surface area contributed by atoms with E-state index in [9.17, 15) is 13.5 Å². The SMILES string of the molecule is Cc1ccc(C)c(OCC(O)CN2CCN(S(=O)(=O)c3ccc4c(c3)OCCO4)CC2)c1. The summed E-state index contributed by atoms with van der Waals surface area (Å²) in [6.45, 7) is 7.29. The van der Waals surface area contributed by atoms with E-state index in [1.807, 2.05) is 32.0 Å². The van der Waals surface area contributed by atoms with Crippen LogP contribution in [0.25, 0.3) is 0 Å². The number of aliphatic hydroxyl groups excluding tert-OH is 1. The van der Waals surface area contributed by atoms with Crippen LogP contribution in [0.2, 0.25) is 0 Å². The number of benzene rings is 2. The van der Waals surface area contributed by atoms with Gasteiger partial charge in [-0.3, -0.25) is 4.90 Å². The van der Waals surface area contributed by atoms with Gasteiger partial charge in [0, 0.05) is 38.8 Å². The third-order valence-corrected chi connectivity index (χ3v) is 7.62. The molecular weight excluding hydrogens is 432 g/mol. The van der Waals surface area contributed by atoms with Crippen LogP contribution >= 0.6 is 0 Å². The fraction of sp³-hybridized carbons (Fsp3) is 0.478. The maximum Gasteiger partial charge on any atom is 0.243 e. The quantitative estimate of drug-likeness (QED) is 0.672. The van der Waals surface area contributed by atoms with Gasteiger partial charge >= 0.3 is 0 Å². The molecule has 32 heavy (non-hydrogen) atoms. The predicted octanol–water partition coefficient (Wildman–Crippen LogP) is 1.82. The van der Waals surface area contributed by atoms with E-state index in [1.165, 1.54) is 10.4 Å². The van der Waals surface area contributed by atoms with E-state index in [4.69, 9.17) is 14.2 Å². The average Bonchev–Trinajstić information content (AvgIpc) is 2.79. The molecule has 8 nitrogen and oxygen atoms in total. The number of sulfonamides is 1. The van der Waals surface area contributed by atoms with E-state index in [-0.39, 0.29) is 11.5 Å². The minimum absolute atomic E-state index is 0.194. The maximum atomic E-state index is 13.1. The van der Waals surface area contributed by atoms with Crippen LogP contribution in [0.15, 0.2) is 41.3 Å². The van der Waals surface area contributed by atoms with Crippen molar-refractivity contribution in [3.63, 3.8) is 0 Å². The number of piperazine rings is 1. The van der Waals surface area contributed by atoms with Crippen LogP contribution < -0.4 is 14.2 Å². The Balaban J connectivity index is 1.29. The molecule has 0 aliphatic carbocycles. The van der Waals surface area contributed by atoms with Gasteiger partial charge in [0.2, 0.25) is 10.0 Å². The van der Waals surface area contributed by atoms with Crippen molar-refractivity contribution in [3.8, 4) is 17.2 Å².